The van der Waals surface area contributed by atoms with Gasteiger partial charge in [-0.1, -0.05) is 23.7 Å². The number of para-hydroxylation sites is 1. The Hall–Kier alpha value is -3.86. The zero-order valence-corrected chi connectivity index (χ0v) is 17.8. The first-order chi connectivity index (χ1) is 15.7. The third kappa shape index (κ3) is 4.27. The lowest BCUT2D eigenvalue weighted by Crippen LogP contribution is -2.35. The molecule has 0 radical (unpaired) electrons. The van der Waals surface area contributed by atoms with Gasteiger partial charge in [0.1, 0.15) is 0 Å². The molecule has 2 N–H and O–H groups in total. The molecule has 170 valence electrons. The molecular weight excluding hydrogens is 461 g/mol. The van der Waals surface area contributed by atoms with Crippen LogP contribution in [0.1, 0.15) is 23.0 Å². The summed E-state index contributed by atoms with van der Waals surface area (Å²) < 4.78 is 43.4. The number of hydrogen-bond acceptors (Lipinski definition) is 5. The number of hydrogen-bond donors (Lipinski definition) is 2. The highest BCUT2D eigenvalue weighted by Gasteiger charge is 2.40. The topological polar surface area (TPSA) is 93.8 Å². The quantitative estimate of drug-likeness (QED) is 0.424. The van der Waals surface area contributed by atoms with E-state index in [-0.39, 0.29) is 23.7 Å². The maximum absolute atomic E-state index is 13.8. The number of amides is 1. The molecule has 0 saturated carbocycles. The number of halogens is 4. The second-order valence-corrected chi connectivity index (χ2v) is 7.31. The molecule has 0 aliphatic heterocycles. The van der Waals surface area contributed by atoms with Gasteiger partial charge in [0.2, 0.25) is 5.95 Å². The van der Waals surface area contributed by atoms with Crippen LogP contribution in [0.5, 0.6) is 0 Å². The summed E-state index contributed by atoms with van der Waals surface area (Å²) in [6.07, 6.45) is -4.06. The summed E-state index contributed by atoms with van der Waals surface area (Å²) in [4.78, 5) is 29.6. The predicted molar refractivity (Wildman–Crippen MR) is 116 cm³/mol. The zero-order chi connectivity index (χ0) is 23.8. The van der Waals surface area contributed by atoms with Crippen LogP contribution in [0.3, 0.4) is 0 Å². The van der Waals surface area contributed by atoms with E-state index in [0.29, 0.717) is 20.6 Å². The lowest BCUT2D eigenvalue weighted by Gasteiger charge is -2.15. The summed E-state index contributed by atoms with van der Waals surface area (Å²) in [7, 11) is 0. The lowest BCUT2D eigenvalue weighted by molar-refractivity contribution is -0.143. The molecule has 0 saturated heterocycles. The van der Waals surface area contributed by atoms with Crippen molar-refractivity contribution < 1.29 is 18.0 Å². The average Bonchev–Trinajstić information content (AvgIpc) is 3.24. The molecule has 0 aliphatic carbocycles. The van der Waals surface area contributed by atoms with E-state index in [4.69, 9.17) is 11.6 Å². The highest BCUT2D eigenvalue weighted by molar-refractivity contribution is 6.30. The van der Waals surface area contributed by atoms with Crippen LogP contribution in [-0.2, 0) is 12.7 Å². The third-order valence-electron chi connectivity index (χ3n) is 4.82. The number of rotatable bonds is 5. The number of carbonyl (C=O) groups excluding carboxylic acids is 1. The minimum absolute atomic E-state index is 0.0202. The Morgan fingerprint density at radius 2 is 1.82 bits per heavy atom. The molecule has 0 unspecified atom stereocenters. The van der Waals surface area contributed by atoms with Crippen LogP contribution in [0.25, 0.3) is 16.6 Å². The number of alkyl halides is 3. The minimum atomic E-state index is -4.88. The fraction of sp³-hybridized carbons (Fsp3) is 0.143. The molecule has 0 aliphatic rings. The van der Waals surface area contributed by atoms with Crippen LogP contribution in [0.2, 0.25) is 5.02 Å². The lowest BCUT2D eigenvalue weighted by atomic mass is 10.2. The first-order valence-corrected chi connectivity index (χ1v) is 10.1. The highest BCUT2D eigenvalue weighted by atomic mass is 35.5. The van der Waals surface area contributed by atoms with Crippen molar-refractivity contribution in [1.82, 2.24) is 24.8 Å². The van der Waals surface area contributed by atoms with Crippen molar-refractivity contribution in [3.05, 3.63) is 81.4 Å². The van der Waals surface area contributed by atoms with E-state index >= 15 is 0 Å². The van der Waals surface area contributed by atoms with E-state index in [9.17, 15) is 22.8 Å². The Morgan fingerprint density at radius 3 is 2.48 bits per heavy atom. The monoisotopic (exact) mass is 476 g/mol. The predicted octanol–water partition coefficient (Wildman–Crippen LogP) is 4.03. The summed E-state index contributed by atoms with van der Waals surface area (Å²) in [5, 5.41) is 4.46. The summed E-state index contributed by atoms with van der Waals surface area (Å²) in [5.41, 5.74) is 2.77. The van der Waals surface area contributed by atoms with Crippen LogP contribution in [0, 0.1) is 0 Å². The van der Waals surface area contributed by atoms with Crippen molar-refractivity contribution in [3.63, 3.8) is 0 Å². The molecule has 0 fully saturated rings. The number of hydrazine groups is 1. The standard InChI is InChI=1S/C21H16ClF3N6O2/c1-2-30-19(33)14-5-3-4-6-16(14)27-20(30)29-28-18(32)15-11-26-31(17(15)21(23,24)25)13-9-7-12(22)8-10-13/h3-11H,2H2,1H3,(H,27,29)(H,28,32). The van der Waals surface area contributed by atoms with Crippen molar-refractivity contribution in [2.24, 2.45) is 0 Å². The number of nitrogens with zero attached hydrogens (tertiary/aromatic N) is 4. The SMILES string of the molecule is CCn1c(NNC(=O)c2cnn(-c3ccc(Cl)cc3)c2C(F)(F)F)nc2ccccc2c1=O. The third-order valence-corrected chi connectivity index (χ3v) is 5.07. The molecule has 2 aromatic carbocycles. The normalized spacial score (nSPS) is 11.5. The number of anilines is 1. The summed E-state index contributed by atoms with van der Waals surface area (Å²) >= 11 is 5.80. The van der Waals surface area contributed by atoms with E-state index in [1.165, 1.54) is 28.8 Å². The molecular formula is C21H16ClF3N6O2. The number of carbonyl (C=O) groups is 1. The first kappa shape index (κ1) is 22.3. The fourth-order valence-electron chi connectivity index (χ4n) is 3.30. The van der Waals surface area contributed by atoms with Gasteiger partial charge in [0.15, 0.2) is 5.69 Å². The first-order valence-electron chi connectivity index (χ1n) is 9.67. The smallest absolute Gasteiger partial charge is 0.277 e. The molecule has 1 amide bonds. The number of nitrogens with one attached hydrogen (secondary N) is 2. The van der Waals surface area contributed by atoms with Crippen LogP contribution in [-0.4, -0.2) is 25.2 Å². The van der Waals surface area contributed by atoms with Gasteiger partial charge < -0.3 is 0 Å². The Morgan fingerprint density at radius 1 is 1.12 bits per heavy atom. The molecule has 4 aromatic rings. The molecule has 0 spiro atoms. The van der Waals surface area contributed by atoms with Gasteiger partial charge in [-0.3, -0.25) is 25.0 Å². The maximum atomic E-state index is 13.8. The largest absolute Gasteiger partial charge is 0.434 e. The second kappa shape index (κ2) is 8.58. The summed E-state index contributed by atoms with van der Waals surface area (Å²) in [6, 6.07) is 12.1. The Kier molecular flexibility index (Phi) is 5.81. The van der Waals surface area contributed by atoms with E-state index in [0.717, 1.165) is 6.20 Å². The van der Waals surface area contributed by atoms with Crippen LogP contribution in [0.15, 0.2) is 59.5 Å². The van der Waals surface area contributed by atoms with Gasteiger partial charge in [0, 0.05) is 11.6 Å². The molecule has 4 rings (SSSR count). The van der Waals surface area contributed by atoms with E-state index in [2.05, 4.69) is 20.9 Å². The molecule has 0 atom stereocenters. The second-order valence-electron chi connectivity index (χ2n) is 6.87. The van der Waals surface area contributed by atoms with Crippen molar-refractivity contribution >= 4 is 34.4 Å². The van der Waals surface area contributed by atoms with Crippen LogP contribution >= 0.6 is 11.6 Å². The number of fused-ring (bicyclic) bond motifs is 1. The number of benzene rings is 2. The van der Waals surface area contributed by atoms with Gasteiger partial charge in [0.05, 0.1) is 28.4 Å². The summed E-state index contributed by atoms with van der Waals surface area (Å²) in [5.74, 6) is -1.12. The van der Waals surface area contributed by atoms with Gasteiger partial charge >= 0.3 is 6.18 Å². The Balaban J connectivity index is 1.67. The van der Waals surface area contributed by atoms with Gasteiger partial charge in [-0.2, -0.15) is 18.3 Å². The zero-order valence-electron chi connectivity index (χ0n) is 17.0. The van der Waals surface area contributed by atoms with Gasteiger partial charge in [-0.05, 0) is 43.3 Å². The summed E-state index contributed by atoms with van der Waals surface area (Å²) in [6.45, 7) is 1.92. The van der Waals surface area contributed by atoms with Crippen LogP contribution in [0.4, 0.5) is 19.1 Å². The Bertz CT molecular complexity index is 1400. The molecule has 2 heterocycles. The molecule has 0 bridgehead atoms. The molecule has 12 heteroatoms. The molecule has 8 nitrogen and oxygen atoms in total. The van der Waals surface area contributed by atoms with E-state index in [1.54, 1.807) is 31.2 Å². The highest BCUT2D eigenvalue weighted by Crippen LogP contribution is 2.33. The van der Waals surface area contributed by atoms with Crippen molar-refractivity contribution in [1.29, 1.82) is 0 Å². The fourth-order valence-corrected chi connectivity index (χ4v) is 3.43. The van der Waals surface area contributed by atoms with Crippen molar-refractivity contribution in [2.45, 2.75) is 19.6 Å². The van der Waals surface area contributed by atoms with Gasteiger partial charge in [-0.15, -0.1) is 0 Å². The molecule has 2 aromatic heterocycles. The van der Waals surface area contributed by atoms with E-state index < -0.39 is 23.3 Å². The molecule has 33 heavy (non-hydrogen) atoms. The van der Waals surface area contributed by atoms with Crippen molar-refractivity contribution in [2.75, 3.05) is 5.43 Å². The Labute approximate surface area is 189 Å². The van der Waals surface area contributed by atoms with E-state index in [1.807, 2.05) is 0 Å². The van der Waals surface area contributed by atoms with Crippen molar-refractivity contribution in [3.8, 4) is 5.69 Å². The number of aromatic nitrogens is 4. The van der Waals surface area contributed by atoms with Gasteiger partial charge in [-0.25, -0.2) is 9.67 Å². The minimum Gasteiger partial charge on any atom is -0.277 e. The van der Waals surface area contributed by atoms with Gasteiger partial charge in [0.25, 0.3) is 11.5 Å². The van der Waals surface area contributed by atoms with Crippen LogP contribution < -0.4 is 16.4 Å². The average molecular weight is 477 g/mol. The maximum Gasteiger partial charge on any atom is 0.434 e.